The maximum atomic E-state index is 6.71. The second-order valence-corrected chi connectivity index (χ2v) is 12.8. The van der Waals surface area contributed by atoms with Gasteiger partial charge in [0.25, 0.3) is 0 Å². The molecule has 51 heavy (non-hydrogen) atoms. The molecule has 0 bridgehead atoms. The van der Waals surface area contributed by atoms with Crippen molar-refractivity contribution in [1.29, 1.82) is 0 Å². The molecular formula is C45H26N4O2. The first-order valence-electron chi connectivity index (χ1n) is 16.9. The third-order valence-electron chi connectivity index (χ3n) is 9.84. The van der Waals surface area contributed by atoms with Crippen LogP contribution in [0.1, 0.15) is 0 Å². The largest absolute Gasteiger partial charge is 0.456 e. The Balaban J connectivity index is 1.28. The maximum Gasteiger partial charge on any atom is 0.164 e. The lowest BCUT2D eigenvalue weighted by atomic mass is 10.1. The predicted molar refractivity (Wildman–Crippen MR) is 205 cm³/mol. The van der Waals surface area contributed by atoms with Gasteiger partial charge in [-0.05, 0) is 36.4 Å². The van der Waals surface area contributed by atoms with Gasteiger partial charge < -0.3 is 13.4 Å². The van der Waals surface area contributed by atoms with Crippen molar-refractivity contribution in [2.45, 2.75) is 0 Å². The first-order valence-corrected chi connectivity index (χ1v) is 16.9. The summed E-state index contributed by atoms with van der Waals surface area (Å²) in [5.41, 5.74) is 8.92. The highest BCUT2D eigenvalue weighted by atomic mass is 16.3. The van der Waals surface area contributed by atoms with E-state index in [1.165, 1.54) is 0 Å². The number of hydrogen-bond acceptors (Lipinski definition) is 5. The van der Waals surface area contributed by atoms with E-state index in [1.54, 1.807) is 0 Å². The minimum atomic E-state index is 0.556. The van der Waals surface area contributed by atoms with Crippen molar-refractivity contribution in [2.75, 3.05) is 0 Å². The molecule has 0 aliphatic heterocycles. The highest BCUT2D eigenvalue weighted by molar-refractivity contribution is 6.23. The summed E-state index contributed by atoms with van der Waals surface area (Å²) in [7, 11) is 0. The van der Waals surface area contributed by atoms with Crippen LogP contribution in [0.2, 0.25) is 0 Å². The average Bonchev–Trinajstić information content (AvgIpc) is 3.88. The number of para-hydroxylation sites is 3. The van der Waals surface area contributed by atoms with Crippen LogP contribution in [0.15, 0.2) is 167 Å². The fourth-order valence-corrected chi connectivity index (χ4v) is 7.56. The third kappa shape index (κ3) is 4.20. The molecule has 0 amide bonds. The molecule has 0 unspecified atom stereocenters. The van der Waals surface area contributed by atoms with Gasteiger partial charge in [-0.3, -0.25) is 0 Å². The van der Waals surface area contributed by atoms with E-state index in [0.717, 1.165) is 88.1 Å². The summed E-state index contributed by atoms with van der Waals surface area (Å²) in [6.07, 6.45) is 0. The van der Waals surface area contributed by atoms with Gasteiger partial charge in [0.15, 0.2) is 23.1 Å². The lowest BCUT2D eigenvalue weighted by molar-refractivity contribution is 0.668. The molecule has 0 aliphatic carbocycles. The molecule has 0 spiro atoms. The molecule has 0 radical (unpaired) electrons. The van der Waals surface area contributed by atoms with Crippen molar-refractivity contribution in [2.24, 2.45) is 0 Å². The number of nitrogens with zero attached hydrogens (tertiary/aromatic N) is 4. The molecule has 7 aromatic carbocycles. The van der Waals surface area contributed by atoms with Gasteiger partial charge >= 0.3 is 0 Å². The minimum absolute atomic E-state index is 0.556. The number of aromatic nitrogens is 4. The van der Waals surface area contributed by atoms with Crippen molar-refractivity contribution < 1.29 is 8.83 Å². The minimum Gasteiger partial charge on any atom is -0.456 e. The molecule has 11 rings (SSSR count). The number of benzene rings is 7. The van der Waals surface area contributed by atoms with Crippen LogP contribution in [0.4, 0.5) is 0 Å². The van der Waals surface area contributed by atoms with Gasteiger partial charge in [0.2, 0.25) is 0 Å². The van der Waals surface area contributed by atoms with Crippen LogP contribution in [0.25, 0.3) is 106 Å². The monoisotopic (exact) mass is 654 g/mol. The zero-order valence-corrected chi connectivity index (χ0v) is 27.1. The normalized spacial score (nSPS) is 11.9. The number of furan rings is 2. The predicted octanol–water partition coefficient (Wildman–Crippen LogP) is 11.8. The van der Waals surface area contributed by atoms with E-state index in [2.05, 4.69) is 77.4 Å². The van der Waals surface area contributed by atoms with Crippen molar-refractivity contribution in [3.8, 4) is 39.9 Å². The summed E-state index contributed by atoms with van der Waals surface area (Å²) in [4.78, 5) is 15.1. The van der Waals surface area contributed by atoms with E-state index in [-0.39, 0.29) is 0 Å². The Morgan fingerprint density at radius 2 is 0.941 bits per heavy atom. The molecule has 0 N–H and O–H groups in total. The Hall–Kier alpha value is -7.05. The molecule has 6 nitrogen and oxygen atoms in total. The molecule has 4 heterocycles. The van der Waals surface area contributed by atoms with Crippen LogP contribution in [0, 0.1) is 0 Å². The zero-order valence-electron chi connectivity index (χ0n) is 27.1. The van der Waals surface area contributed by atoms with Crippen LogP contribution in [0.3, 0.4) is 0 Å². The molecule has 11 aromatic rings. The lowest BCUT2D eigenvalue weighted by Crippen LogP contribution is -2.01. The average molecular weight is 655 g/mol. The van der Waals surface area contributed by atoms with Gasteiger partial charge in [-0.25, -0.2) is 15.0 Å². The molecule has 0 atom stereocenters. The number of hydrogen-bond donors (Lipinski definition) is 0. The first kappa shape index (κ1) is 27.9. The topological polar surface area (TPSA) is 69.9 Å². The Morgan fingerprint density at radius 3 is 1.65 bits per heavy atom. The van der Waals surface area contributed by atoms with E-state index < -0.39 is 0 Å². The van der Waals surface area contributed by atoms with E-state index in [0.29, 0.717) is 17.5 Å². The van der Waals surface area contributed by atoms with Gasteiger partial charge in [-0.15, -0.1) is 0 Å². The van der Waals surface area contributed by atoms with Crippen LogP contribution in [0.5, 0.6) is 0 Å². The van der Waals surface area contributed by atoms with Gasteiger partial charge in [-0.2, -0.15) is 0 Å². The Labute approximate surface area is 290 Å². The quantitative estimate of drug-likeness (QED) is 0.189. The summed E-state index contributed by atoms with van der Waals surface area (Å²) < 4.78 is 15.7. The third-order valence-corrected chi connectivity index (χ3v) is 9.84. The number of fused-ring (bicyclic) bond motifs is 10. The van der Waals surface area contributed by atoms with E-state index in [9.17, 15) is 0 Å². The van der Waals surface area contributed by atoms with Crippen molar-refractivity contribution >= 4 is 65.7 Å². The summed E-state index contributed by atoms with van der Waals surface area (Å²) in [5, 5.41) is 6.45. The first-order chi connectivity index (χ1) is 25.3. The van der Waals surface area contributed by atoms with Gasteiger partial charge in [0.1, 0.15) is 16.7 Å². The molecule has 0 aliphatic rings. The fraction of sp³-hybridized carbons (Fsp3) is 0. The van der Waals surface area contributed by atoms with E-state index in [4.69, 9.17) is 23.8 Å². The molecule has 4 aromatic heterocycles. The molecule has 6 heteroatoms. The standard InChI is InChI=1S/C45H26N4O2/c1-3-13-27(14-4-1)43-46-44(28-15-5-2-6-16-28)48-45(47-43)29-25-36(40-34-19-9-12-22-38(34)50-39(40)26-29)49-35-20-10-7-17-30(35)32-23-24-33-31-18-8-11-21-37(31)51-42(33)41(32)49/h1-26H. The van der Waals surface area contributed by atoms with Crippen LogP contribution in [-0.4, -0.2) is 19.5 Å². The molecular weight excluding hydrogens is 629 g/mol. The lowest BCUT2D eigenvalue weighted by Gasteiger charge is -2.13. The van der Waals surface area contributed by atoms with Crippen molar-refractivity contribution in [3.63, 3.8) is 0 Å². The molecule has 0 fully saturated rings. The van der Waals surface area contributed by atoms with Gasteiger partial charge in [0, 0.05) is 43.6 Å². The molecule has 0 saturated carbocycles. The highest BCUT2D eigenvalue weighted by Gasteiger charge is 2.24. The summed E-state index contributed by atoms with van der Waals surface area (Å²) >= 11 is 0. The second-order valence-electron chi connectivity index (χ2n) is 12.8. The molecule has 0 saturated heterocycles. The van der Waals surface area contributed by atoms with Crippen molar-refractivity contribution in [1.82, 2.24) is 19.5 Å². The van der Waals surface area contributed by atoms with E-state index in [1.807, 2.05) is 84.9 Å². The zero-order chi connectivity index (χ0) is 33.5. The second kappa shape index (κ2) is 10.7. The summed E-state index contributed by atoms with van der Waals surface area (Å²) in [6, 6.07) is 53.7. The Morgan fingerprint density at radius 1 is 0.392 bits per heavy atom. The van der Waals surface area contributed by atoms with Crippen LogP contribution in [-0.2, 0) is 0 Å². The fourth-order valence-electron chi connectivity index (χ4n) is 7.56. The van der Waals surface area contributed by atoms with Crippen LogP contribution < -0.4 is 0 Å². The van der Waals surface area contributed by atoms with Gasteiger partial charge in [0.05, 0.1) is 22.1 Å². The maximum absolute atomic E-state index is 6.71. The van der Waals surface area contributed by atoms with Crippen molar-refractivity contribution in [3.05, 3.63) is 158 Å². The Kier molecular flexibility index (Phi) is 5.86. The number of rotatable bonds is 4. The summed E-state index contributed by atoms with van der Waals surface area (Å²) in [5.74, 6) is 1.76. The highest BCUT2D eigenvalue weighted by Crippen LogP contribution is 2.44. The van der Waals surface area contributed by atoms with Gasteiger partial charge in [-0.1, -0.05) is 121 Å². The summed E-state index contributed by atoms with van der Waals surface area (Å²) in [6.45, 7) is 0. The van der Waals surface area contributed by atoms with E-state index >= 15 is 0 Å². The smallest absolute Gasteiger partial charge is 0.164 e. The van der Waals surface area contributed by atoms with Crippen LogP contribution >= 0.6 is 0 Å². The SMILES string of the molecule is c1ccc(-c2nc(-c3ccccc3)nc(-c3cc(-n4c5ccccc5c5ccc6c7ccccc7oc6c54)c4c(c3)oc3ccccc34)n2)cc1. The molecule has 238 valence electrons. The Bertz CT molecular complexity index is 3080.